The van der Waals surface area contributed by atoms with E-state index in [1.807, 2.05) is 44.2 Å². The maximum Gasteiger partial charge on any atom is 0.330 e. The molecule has 0 unspecified atom stereocenters. The first-order chi connectivity index (χ1) is 8.63. The summed E-state index contributed by atoms with van der Waals surface area (Å²) < 4.78 is 4.99. The highest BCUT2D eigenvalue weighted by atomic mass is 16.5. The Kier molecular flexibility index (Phi) is 5.73. The molecule has 0 heterocycles. The zero-order valence-corrected chi connectivity index (χ0v) is 10.8. The zero-order valence-electron chi connectivity index (χ0n) is 10.8. The molecule has 0 spiro atoms. The third kappa shape index (κ3) is 4.88. The SMILES string of the molecule is C#C[C@@H](C/C=C/C(=O)OC(C)C)c1ccccc1. The first-order valence-corrected chi connectivity index (χ1v) is 6.01. The fraction of sp³-hybridized carbons (Fsp3) is 0.312. The van der Waals surface area contributed by atoms with E-state index in [4.69, 9.17) is 11.2 Å². The number of benzene rings is 1. The van der Waals surface area contributed by atoms with Crippen LogP contribution in [-0.2, 0) is 9.53 Å². The van der Waals surface area contributed by atoms with E-state index in [2.05, 4.69) is 5.92 Å². The number of rotatable bonds is 5. The van der Waals surface area contributed by atoms with E-state index in [9.17, 15) is 4.79 Å². The van der Waals surface area contributed by atoms with Crippen LogP contribution in [0.15, 0.2) is 42.5 Å². The second-order valence-electron chi connectivity index (χ2n) is 4.25. The van der Waals surface area contributed by atoms with Crippen LogP contribution in [0.2, 0.25) is 0 Å². The number of carbonyl (C=O) groups is 1. The van der Waals surface area contributed by atoms with Crippen LogP contribution in [0.1, 0.15) is 31.7 Å². The van der Waals surface area contributed by atoms with E-state index in [0.29, 0.717) is 6.42 Å². The molecule has 1 aromatic rings. The van der Waals surface area contributed by atoms with Gasteiger partial charge < -0.3 is 4.74 Å². The maximum absolute atomic E-state index is 11.3. The van der Waals surface area contributed by atoms with Gasteiger partial charge in [-0.1, -0.05) is 42.3 Å². The molecule has 0 aliphatic carbocycles. The molecule has 1 aromatic carbocycles. The topological polar surface area (TPSA) is 26.3 Å². The van der Waals surface area contributed by atoms with Gasteiger partial charge in [-0.25, -0.2) is 4.79 Å². The largest absolute Gasteiger partial charge is 0.460 e. The summed E-state index contributed by atoms with van der Waals surface area (Å²) >= 11 is 0. The molecule has 0 bridgehead atoms. The van der Waals surface area contributed by atoms with Gasteiger partial charge in [0.05, 0.1) is 6.10 Å². The van der Waals surface area contributed by atoms with E-state index < -0.39 is 0 Å². The molecule has 2 heteroatoms. The molecule has 0 saturated carbocycles. The Morgan fingerprint density at radius 1 is 1.39 bits per heavy atom. The summed E-state index contributed by atoms with van der Waals surface area (Å²) in [5.74, 6) is 2.40. The van der Waals surface area contributed by atoms with E-state index in [-0.39, 0.29) is 18.0 Å². The molecule has 0 N–H and O–H groups in total. The molecular formula is C16H18O2. The third-order valence-electron chi connectivity index (χ3n) is 2.38. The summed E-state index contributed by atoms with van der Waals surface area (Å²) in [6, 6.07) is 9.84. The van der Waals surface area contributed by atoms with E-state index in [0.717, 1.165) is 5.56 Å². The van der Waals surface area contributed by atoms with Crippen molar-refractivity contribution >= 4 is 5.97 Å². The molecule has 0 radical (unpaired) electrons. The van der Waals surface area contributed by atoms with E-state index in [1.54, 1.807) is 6.08 Å². The van der Waals surface area contributed by atoms with Crippen molar-refractivity contribution in [1.29, 1.82) is 0 Å². The molecule has 18 heavy (non-hydrogen) atoms. The predicted octanol–water partition coefficient (Wildman–Crippen LogP) is 3.30. The number of esters is 1. The molecule has 0 aliphatic heterocycles. The van der Waals surface area contributed by atoms with Crippen LogP contribution >= 0.6 is 0 Å². The fourth-order valence-electron chi connectivity index (χ4n) is 1.56. The Labute approximate surface area is 109 Å². The lowest BCUT2D eigenvalue weighted by molar-refractivity contribution is -0.141. The van der Waals surface area contributed by atoms with Crippen molar-refractivity contribution in [3.63, 3.8) is 0 Å². The highest BCUT2D eigenvalue weighted by molar-refractivity contribution is 5.82. The molecule has 0 saturated heterocycles. The molecule has 94 valence electrons. The highest BCUT2D eigenvalue weighted by Crippen LogP contribution is 2.18. The Hall–Kier alpha value is -2.01. The number of carbonyl (C=O) groups excluding carboxylic acids is 1. The minimum Gasteiger partial charge on any atom is -0.460 e. The monoisotopic (exact) mass is 242 g/mol. The smallest absolute Gasteiger partial charge is 0.330 e. The number of hydrogen-bond donors (Lipinski definition) is 0. The van der Waals surface area contributed by atoms with Gasteiger partial charge in [-0.15, -0.1) is 6.42 Å². The van der Waals surface area contributed by atoms with Crippen LogP contribution in [0, 0.1) is 12.3 Å². The minimum atomic E-state index is -0.325. The summed E-state index contributed by atoms with van der Waals surface area (Å²) in [7, 11) is 0. The lowest BCUT2D eigenvalue weighted by atomic mass is 9.96. The van der Waals surface area contributed by atoms with Gasteiger partial charge in [-0.3, -0.25) is 0 Å². The van der Waals surface area contributed by atoms with Crippen molar-refractivity contribution in [2.24, 2.45) is 0 Å². The van der Waals surface area contributed by atoms with Crippen LogP contribution in [0.4, 0.5) is 0 Å². The Morgan fingerprint density at radius 2 is 2.06 bits per heavy atom. The zero-order chi connectivity index (χ0) is 13.4. The Bertz CT molecular complexity index is 438. The summed E-state index contributed by atoms with van der Waals surface area (Å²) in [4.78, 5) is 11.3. The lowest BCUT2D eigenvalue weighted by Crippen LogP contribution is -2.08. The minimum absolute atomic E-state index is 0.00528. The molecule has 0 amide bonds. The maximum atomic E-state index is 11.3. The predicted molar refractivity (Wildman–Crippen MR) is 73.0 cm³/mol. The average molecular weight is 242 g/mol. The quantitative estimate of drug-likeness (QED) is 0.450. The molecule has 1 rings (SSSR count). The van der Waals surface area contributed by atoms with Crippen molar-refractivity contribution in [2.45, 2.75) is 32.3 Å². The summed E-state index contributed by atoms with van der Waals surface area (Å²) in [6.45, 7) is 3.64. The first-order valence-electron chi connectivity index (χ1n) is 6.01. The summed E-state index contributed by atoms with van der Waals surface area (Å²) in [5, 5.41) is 0. The van der Waals surface area contributed by atoms with Gasteiger partial charge in [-0.2, -0.15) is 0 Å². The normalized spacial score (nSPS) is 12.3. The number of allylic oxidation sites excluding steroid dienone is 1. The molecule has 0 aromatic heterocycles. The first kappa shape index (κ1) is 14.1. The molecule has 2 nitrogen and oxygen atoms in total. The van der Waals surface area contributed by atoms with E-state index in [1.165, 1.54) is 6.08 Å². The average Bonchev–Trinajstić information content (AvgIpc) is 2.35. The van der Waals surface area contributed by atoms with E-state index >= 15 is 0 Å². The molecule has 1 atom stereocenters. The van der Waals surface area contributed by atoms with Gasteiger partial charge >= 0.3 is 5.97 Å². The standard InChI is InChI=1S/C16H18O2/c1-4-14(15-9-6-5-7-10-15)11-8-12-16(17)18-13(2)3/h1,5-10,12-14H,11H2,2-3H3/b12-8+/t14-/m0/s1. The molecular weight excluding hydrogens is 224 g/mol. The van der Waals surface area contributed by atoms with Crippen LogP contribution in [0.25, 0.3) is 0 Å². The second kappa shape index (κ2) is 7.34. The number of ether oxygens (including phenoxy) is 1. The van der Waals surface area contributed by atoms with Crippen molar-refractivity contribution in [1.82, 2.24) is 0 Å². The fourth-order valence-corrected chi connectivity index (χ4v) is 1.56. The number of hydrogen-bond acceptors (Lipinski definition) is 2. The van der Waals surface area contributed by atoms with Gasteiger partial charge in [0.2, 0.25) is 0 Å². The van der Waals surface area contributed by atoms with Gasteiger partial charge in [0.15, 0.2) is 0 Å². The Balaban J connectivity index is 2.54. The lowest BCUT2D eigenvalue weighted by Gasteiger charge is -2.08. The van der Waals surface area contributed by atoms with Gasteiger partial charge in [0, 0.05) is 12.0 Å². The second-order valence-corrected chi connectivity index (χ2v) is 4.25. The number of terminal acetylenes is 1. The van der Waals surface area contributed by atoms with Crippen molar-refractivity contribution in [3.8, 4) is 12.3 Å². The Morgan fingerprint density at radius 3 is 2.61 bits per heavy atom. The van der Waals surface area contributed by atoms with Crippen molar-refractivity contribution < 1.29 is 9.53 Å². The third-order valence-corrected chi connectivity index (χ3v) is 2.38. The van der Waals surface area contributed by atoms with Crippen LogP contribution < -0.4 is 0 Å². The van der Waals surface area contributed by atoms with Crippen LogP contribution in [-0.4, -0.2) is 12.1 Å². The van der Waals surface area contributed by atoms with Crippen molar-refractivity contribution in [3.05, 3.63) is 48.0 Å². The highest BCUT2D eigenvalue weighted by Gasteiger charge is 2.06. The van der Waals surface area contributed by atoms with Crippen LogP contribution in [0.3, 0.4) is 0 Å². The van der Waals surface area contributed by atoms with Gasteiger partial charge in [-0.05, 0) is 25.8 Å². The summed E-state index contributed by atoms with van der Waals surface area (Å²) in [6.07, 6.45) is 9.24. The van der Waals surface area contributed by atoms with Crippen molar-refractivity contribution in [2.75, 3.05) is 0 Å². The molecule has 0 aliphatic rings. The van der Waals surface area contributed by atoms with Crippen LogP contribution in [0.5, 0.6) is 0 Å². The molecule has 0 fully saturated rings. The summed E-state index contributed by atoms with van der Waals surface area (Å²) in [5.41, 5.74) is 1.09. The van der Waals surface area contributed by atoms with Gasteiger partial charge in [0.1, 0.15) is 0 Å². The van der Waals surface area contributed by atoms with Gasteiger partial charge in [0.25, 0.3) is 0 Å².